The van der Waals surface area contributed by atoms with Gasteiger partial charge in [0.15, 0.2) is 0 Å². The Hall–Kier alpha value is -3.39. The molecule has 3 rings (SSSR count). The van der Waals surface area contributed by atoms with Crippen LogP contribution < -0.4 is 14.8 Å². The number of hydrogen-bond acceptors (Lipinski definition) is 4. The molecule has 0 radical (unpaired) electrons. The molecule has 0 spiro atoms. The zero-order chi connectivity index (χ0) is 20.9. The predicted molar refractivity (Wildman–Crippen MR) is 109 cm³/mol. The predicted octanol–water partition coefficient (Wildman–Crippen LogP) is 4.28. The lowest BCUT2D eigenvalue weighted by Crippen LogP contribution is -2.17. The van der Waals surface area contributed by atoms with Crippen LogP contribution in [0.3, 0.4) is 0 Å². The summed E-state index contributed by atoms with van der Waals surface area (Å²) in [6, 6.07) is 17.5. The molecule has 3 aromatic carbocycles. The fraction of sp³-hybridized carbons (Fsp3) is 0.0952. The molecule has 2 N–H and O–H groups in total. The highest BCUT2D eigenvalue weighted by Gasteiger charge is 2.17. The summed E-state index contributed by atoms with van der Waals surface area (Å²) in [6.45, 7) is 2.31. The number of ether oxygens (including phenoxy) is 1. The summed E-state index contributed by atoms with van der Waals surface area (Å²) < 4.78 is 46.0. The average molecular weight is 414 g/mol. The molecule has 0 fully saturated rings. The minimum absolute atomic E-state index is 0.0931. The average Bonchev–Trinajstić information content (AvgIpc) is 2.70. The quantitative estimate of drug-likeness (QED) is 0.604. The Labute approximate surface area is 168 Å². The van der Waals surface area contributed by atoms with E-state index in [1.165, 1.54) is 6.07 Å². The minimum Gasteiger partial charge on any atom is -0.494 e. The third-order valence-electron chi connectivity index (χ3n) is 3.95. The number of para-hydroxylation sites is 2. The molecule has 0 bridgehead atoms. The van der Waals surface area contributed by atoms with Crippen LogP contribution in [0.4, 0.5) is 15.8 Å². The smallest absolute Gasteiger partial charge is 0.261 e. The summed E-state index contributed by atoms with van der Waals surface area (Å²) in [6.07, 6.45) is 0. The Kier molecular flexibility index (Phi) is 6.13. The van der Waals surface area contributed by atoms with Crippen molar-refractivity contribution in [2.45, 2.75) is 11.8 Å². The standard InChI is InChI=1S/C21H19FN2O4S/c1-2-28-17-7-5-6-15(14-17)21(25)23-19-8-3-4-9-20(19)24-29(26,27)18-12-10-16(22)11-13-18/h3-14,24H,2H2,1H3,(H,23,25). The maximum absolute atomic E-state index is 13.1. The number of halogens is 1. The van der Waals surface area contributed by atoms with Crippen LogP contribution in [0, 0.1) is 5.82 Å². The van der Waals surface area contributed by atoms with Gasteiger partial charge in [0.25, 0.3) is 15.9 Å². The van der Waals surface area contributed by atoms with Gasteiger partial charge in [0.1, 0.15) is 11.6 Å². The van der Waals surface area contributed by atoms with Gasteiger partial charge >= 0.3 is 0 Å². The topological polar surface area (TPSA) is 84.5 Å². The molecule has 0 saturated carbocycles. The monoisotopic (exact) mass is 414 g/mol. The number of hydrogen-bond donors (Lipinski definition) is 2. The van der Waals surface area contributed by atoms with E-state index >= 15 is 0 Å². The van der Waals surface area contributed by atoms with Crippen molar-refractivity contribution in [3.05, 3.63) is 84.2 Å². The van der Waals surface area contributed by atoms with E-state index < -0.39 is 21.7 Å². The normalized spacial score (nSPS) is 11.0. The molecule has 0 atom stereocenters. The molecule has 1 amide bonds. The molecule has 0 aromatic heterocycles. The summed E-state index contributed by atoms with van der Waals surface area (Å²) >= 11 is 0. The van der Waals surface area contributed by atoms with E-state index in [1.54, 1.807) is 42.5 Å². The summed E-state index contributed by atoms with van der Waals surface area (Å²) in [5.74, 6) is -0.392. The summed E-state index contributed by atoms with van der Waals surface area (Å²) in [5.41, 5.74) is 0.836. The highest BCUT2D eigenvalue weighted by Crippen LogP contribution is 2.25. The number of carbonyl (C=O) groups is 1. The van der Waals surface area contributed by atoms with Gasteiger partial charge in [-0.3, -0.25) is 9.52 Å². The van der Waals surface area contributed by atoms with Crippen molar-refractivity contribution in [2.75, 3.05) is 16.6 Å². The van der Waals surface area contributed by atoms with Crippen molar-refractivity contribution in [1.82, 2.24) is 0 Å². The summed E-state index contributed by atoms with van der Waals surface area (Å²) in [4.78, 5) is 12.5. The highest BCUT2D eigenvalue weighted by molar-refractivity contribution is 7.92. The van der Waals surface area contributed by atoms with Crippen LogP contribution in [0.5, 0.6) is 5.75 Å². The van der Waals surface area contributed by atoms with Gasteiger partial charge in [0.05, 0.1) is 22.9 Å². The van der Waals surface area contributed by atoms with Gasteiger partial charge < -0.3 is 10.1 Å². The summed E-state index contributed by atoms with van der Waals surface area (Å²) in [7, 11) is -3.96. The lowest BCUT2D eigenvalue weighted by molar-refractivity contribution is 0.102. The van der Waals surface area contributed by atoms with Crippen molar-refractivity contribution in [2.24, 2.45) is 0 Å². The molecule has 6 nitrogen and oxygen atoms in total. The van der Waals surface area contributed by atoms with E-state index in [1.807, 2.05) is 6.92 Å². The van der Waals surface area contributed by atoms with Crippen molar-refractivity contribution >= 4 is 27.3 Å². The Morgan fingerprint density at radius 1 is 0.966 bits per heavy atom. The molecular weight excluding hydrogens is 395 g/mol. The molecule has 0 aliphatic rings. The Balaban J connectivity index is 1.83. The minimum atomic E-state index is -3.96. The third-order valence-corrected chi connectivity index (χ3v) is 5.33. The van der Waals surface area contributed by atoms with Crippen LogP contribution in [-0.4, -0.2) is 20.9 Å². The van der Waals surface area contributed by atoms with E-state index in [2.05, 4.69) is 10.0 Å². The molecule has 29 heavy (non-hydrogen) atoms. The van der Waals surface area contributed by atoms with E-state index in [4.69, 9.17) is 4.74 Å². The molecule has 0 aliphatic carbocycles. The molecular formula is C21H19FN2O4S. The molecule has 0 heterocycles. The number of rotatable bonds is 7. The van der Waals surface area contributed by atoms with Crippen molar-refractivity contribution in [1.29, 1.82) is 0 Å². The Morgan fingerprint density at radius 3 is 2.34 bits per heavy atom. The second-order valence-corrected chi connectivity index (χ2v) is 7.70. The molecule has 0 unspecified atom stereocenters. The second-order valence-electron chi connectivity index (χ2n) is 6.02. The number of carbonyl (C=O) groups excluding carboxylic acids is 1. The van der Waals surface area contributed by atoms with Gasteiger partial charge in [-0.1, -0.05) is 18.2 Å². The number of sulfonamides is 1. The van der Waals surface area contributed by atoms with E-state index in [0.717, 1.165) is 24.3 Å². The Morgan fingerprint density at radius 2 is 1.66 bits per heavy atom. The lowest BCUT2D eigenvalue weighted by atomic mass is 10.2. The molecule has 150 valence electrons. The van der Waals surface area contributed by atoms with Crippen LogP contribution >= 0.6 is 0 Å². The van der Waals surface area contributed by atoms with Gasteiger partial charge in [0.2, 0.25) is 0 Å². The van der Waals surface area contributed by atoms with E-state index in [9.17, 15) is 17.6 Å². The first kappa shape index (κ1) is 20.3. The summed E-state index contributed by atoms with van der Waals surface area (Å²) in [5, 5.41) is 2.70. The van der Waals surface area contributed by atoms with Crippen molar-refractivity contribution < 1.29 is 22.3 Å². The molecule has 3 aromatic rings. The van der Waals surface area contributed by atoms with Crippen molar-refractivity contribution in [3.8, 4) is 5.75 Å². The van der Waals surface area contributed by atoms with Gasteiger partial charge in [-0.25, -0.2) is 12.8 Å². The zero-order valence-electron chi connectivity index (χ0n) is 15.6. The number of benzene rings is 3. The first-order valence-corrected chi connectivity index (χ1v) is 10.3. The van der Waals surface area contributed by atoms with E-state index in [-0.39, 0.29) is 16.3 Å². The van der Waals surface area contributed by atoms with Gasteiger partial charge in [-0.15, -0.1) is 0 Å². The van der Waals surface area contributed by atoms with Gasteiger partial charge in [-0.2, -0.15) is 0 Å². The van der Waals surface area contributed by atoms with Gasteiger partial charge in [0, 0.05) is 5.56 Å². The lowest BCUT2D eigenvalue weighted by Gasteiger charge is -2.14. The van der Waals surface area contributed by atoms with E-state index in [0.29, 0.717) is 17.9 Å². The SMILES string of the molecule is CCOc1cccc(C(=O)Nc2ccccc2NS(=O)(=O)c2ccc(F)cc2)c1. The molecule has 0 saturated heterocycles. The fourth-order valence-electron chi connectivity index (χ4n) is 2.59. The largest absolute Gasteiger partial charge is 0.494 e. The number of nitrogens with one attached hydrogen (secondary N) is 2. The Bertz CT molecular complexity index is 1120. The van der Waals surface area contributed by atoms with Gasteiger partial charge in [-0.05, 0) is 61.5 Å². The van der Waals surface area contributed by atoms with Crippen LogP contribution in [-0.2, 0) is 10.0 Å². The maximum Gasteiger partial charge on any atom is 0.261 e. The highest BCUT2D eigenvalue weighted by atomic mass is 32.2. The fourth-order valence-corrected chi connectivity index (χ4v) is 3.67. The van der Waals surface area contributed by atoms with Crippen molar-refractivity contribution in [3.63, 3.8) is 0 Å². The van der Waals surface area contributed by atoms with Crippen LogP contribution in [0.25, 0.3) is 0 Å². The third kappa shape index (κ3) is 5.11. The number of anilines is 2. The first-order valence-electron chi connectivity index (χ1n) is 8.80. The van der Waals surface area contributed by atoms with Crippen LogP contribution in [0.15, 0.2) is 77.7 Å². The zero-order valence-corrected chi connectivity index (χ0v) is 16.4. The maximum atomic E-state index is 13.1. The molecule has 0 aliphatic heterocycles. The first-order chi connectivity index (χ1) is 13.9. The number of amides is 1. The molecule has 8 heteroatoms. The second kappa shape index (κ2) is 8.74. The van der Waals surface area contributed by atoms with Crippen LogP contribution in [0.1, 0.15) is 17.3 Å². The van der Waals surface area contributed by atoms with Crippen LogP contribution in [0.2, 0.25) is 0 Å².